The second-order valence-electron chi connectivity index (χ2n) is 2.12. The molecular weight excluding hydrogens is 226 g/mol. The number of thioether (sulfide) groups is 1. The lowest BCUT2D eigenvalue weighted by Crippen LogP contribution is -1.87. The fourth-order valence-corrected chi connectivity index (χ4v) is 1.89. The van der Waals surface area contributed by atoms with Crippen molar-refractivity contribution >= 4 is 45.8 Å². The molecule has 0 saturated heterocycles. The maximum absolute atomic E-state index is 10.4. The second-order valence-corrected chi connectivity index (χ2v) is 4.93. The summed E-state index contributed by atoms with van der Waals surface area (Å²) in [6.07, 6.45) is 0. The molecule has 3 nitrogen and oxygen atoms in total. The van der Waals surface area contributed by atoms with Crippen molar-refractivity contribution in [3.8, 4) is 0 Å². The molecule has 0 amide bonds. The maximum atomic E-state index is 10.4. The average Bonchev–Trinajstić information content (AvgIpc) is 2.03. The fraction of sp³-hybridized carbons (Fsp3) is 0. The zero-order chi connectivity index (χ0) is 9.84. The molecule has 0 aliphatic carbocycles. The molecule has 0 N–H and O–H groups in total. The molecule has 0 radical (unpaired) electrons. The van der Waals surface area contributed by atoms with Gasteiger partial charge in [0.2, 0.25) is 0 Å². The number of hydrogen-bond acceptors (Lipinski definition) is 4. The predicted octanol–water partition coefficient (Wildman–Crippen LogP) is 2.90. The third-order valence-corrected chi connectivity index (χ3v) is 2.42. The Kier molecular flexibility index (Phi) is 3.71. The minimum absolute atomic E-state index is 0.0644. The van der Waals surface area contributed by atoms with E-state index in [0.717, 1.165) is 4.90 Å². The number of nitrogens with zero attached hydrogens (tertiary/aromatic N) is 1. The molecular formula is C7H5NO2S3. The van der Waals surface area contributed by atoms with Crippen molar-refractivity contribution in [2.75, 3.05) is 0 Å². The molecule has 13 heavy (non-hydrogen) atoms. The topological polar surface area (TPSA) is 43.1 Å². The molecule has 68 valence electrons. The van der Waals surface area contributed by atoms with Crippen LogP contribution in [-0.2, 0) is 0 Å². The van der Waals surface area contributed by atoms with E-state index in [9.17, 15) is 10.1 Å². The first kappa shape index (κ1) is 10.5. The molecule has 0 atom stereocenters. The summed E-state index contributed by atoms with van der Waals surface area (Å²) in [5, 5.41) is 10.4. The van der Waals surface area contributed by atoms with E-state index in [0.29, 0.717) is 3.53 Å². The number of thiocarbonyl (C=S) groups is 1. The van der Waals surface area contributed by atoms with Gasteiger partial charge in [0.1, 0.15) is 3.53 Å². The first-order valence-corrected chi connectivity index (χ1v) is 4.92. The first-order valence-electron chi connectivity index (χ1n) is 3.25. The highest BCUT2D eigenvalue weighted by Crippen LogP contribution is 2.24. The van der Waals surface area contributed by atoms with Crippen LogP contribution in [0.5, 0.6) is 0 Å². The van der Waals surface area contributed by atoms with Gasteiger partial charge in [0, 0.05) is 17.0 Å². The third kappa shape index (κ3) is 3.33. The Morgan fingerprint density at radius 1 is 1.62 bits per heavy atom. The van der Waals surface area contributed by atoms with Crippen LogP contribution in [0.4, 0.5) is 5.69 Å². The van der Waals surface area contributed by atoms with E-state index < -0.39 is 4.92 Å². The molecule has 1 aromatic rings. The Balaban J connectivity index is 2.91. The summed E-state index contributed by atoms with van der Waals surface area (Å²) in [5.41, 5.74) is 0.0644. The van der Waals surface area contributed by atoms with Crippen LogP contribution in [0.25, 0.3) is 0 Å². The zero-order valence-corrected chi connectivity index (χ0v) is 8.86. The predicted molar refractivity (Wildman–Crippen MR) is 60.5 cm³/mol. The summed E-state index contributed by atoms with van der Waals surface area (Å²) < 4.78 is 0.445. The van der Waals surface area contributed by atoms with Crippen molar-refractivity contribution in [3.05, 3.63) is 34.4 Å². The van der Waals surface area contributed by atoms with Gasteiger partial charge in [0.15, 0.2) is 0 Å². The van der Waals surface area contributed by atoms with E-state index in [1.807, 2.05) is 0 Å². The smallest absolute Gasteiger partial charge is 0.258 e. The highest BCUT2D eigenvalue weighted by molar-refractivity contribution is 8.41. The van der Waals surface area contributed by atoms with E-state index in [2.05, 4.69) is 12.6 Å². The molecule has 1 aromatic carbocycles. The van der Waals surface area contributed by atoms with Crippen molar-refractivity contribution in [2.45, 2.75) is 4.90 Å². The third-order valence-electron chi connectivity index (χ3n) is 1.23. The van der Waals surface area contributed by atoms with Gasteiger partial charge in [-0.15, -0.1) is 12.6 Å². The lowest BCUT2D eigenvalue weighted by atomic mass is 10.3. The number of nitro benzene ring substituents is 1. The number of hydrogen-bond donors (Lipinski definition) is 1. The lowest BCUT2D eigenvalue weighted by Gasteiger charge is -1.97. The number of non-ortho nitro benzene ring substituents is 1. The Morgan fingerprint density at radius 2 is 2.31 bits per heavy atom. The molecule has 0 aliphatic heterocycles. The Morgan fingerprint density at radius 3 is 2.85 bits per heavy atom. The fourth-order valence-electron chi connectivity index (χ4n) is 0.761. The maximum Gasteiger partial charge on any atom is 0.270 e. The van der Waals surface area contributed by atoms with Crippen molar-refractivity contribution < 1.29 is 4.92 Å². The highest BCUT2D eigenvalue weighted by Gasteiger charge is 2.05. The van der Waals surface area contributed by atoms with Crippen LogP contribution >= 0.6 is 36.6 Å². The molecule has 0 bridgehead atoms. The molecule has 6 heteroatoms. The largest absolute Gasteiger partial charge is 0.270 e. The van der Waals surface area contributed by atoms with Gasteiger partial charge in [-0.3, -0.25) is 10.1 Å². The van der Waals surface area contributed by atoms with Crippen LogP contribution in [0.1, 0.15) is 0 Å². The van der Waals surface area contributed by atoms with E-state index in [1.165, 1.54) is 23.9 Å². The highest BCUT2D eigenvalue weighted by atomic mass is 32.2. The number of nitro groups is 1. The van der Waals surface area contributed by atoms with Gasteiger partial charge < -0.3 is 0 Å². The van der Waals surface area contributed by atoms with Gasteiger partial charge >= 0.3 is 0 Å². The van der Waals surface area contributed by atoms with Gasteiger partial charge in [-0.2, -0.15) is 0 Å². The molecule has 1 rings (SSSR count). The summed E-state index contributed by atoms with van der Waals surface area (Å²) in [6, 6.07) is 6.27. The van der Waals surface area contributed by atoms with Crippen LogP contribution in [0, 0.1) is 10.1 Å². The monoisotopic (exact) mass is 231 g/mol. The van der Waals surface area contributed by atoms with Crippen LogP contribution in [0.15, 0.2) is 29.2 Å². The van der Waals surface area contributed by atoms with E-state index >= 15 is 0 Å². The van der Waals surface area contributed by atoms with E-state index in [-0.39, 0.29) is 5.69 Å². The van der Waals surface area contributed by atoms with Crippen molar-refractivity contribution in [1.29, 1.82) is 0 Å². The number of rotatable bonds is 2. The van der Waals surface area contributed by atoms with Crippen LogP contribution in [0.3, 0.4) is 0 Å². The molecule has 0 aromatic heterocycles. The van der Waals surface area contributed by atoms with Gasteiger partial charge in [-0.05, 0) is 6.07 Å². The second kappa shape index (κ2) is 4.59. The van der Waals surface area contributed by atoms with Gasteiger partial charge in [-0.25, -0.2) is 0 Å². The molecule has 0 saturated carbocycles. The van der Waals surface area contributed by atoms with Crippen LogP contribution < -0.4 is 0 Å². The van der Waals surface area contributed by atoms with Crippen LogP contribution in [0.2, 0.25) is 0 Å². The normalized spacial score (nSPS) is 9.62. The number of thiol groups is 1. The Labute approximate surface area is 90.1 Å². The molecule has 0 unspecified atom stereocenters. The van der Waals surface area contributed by atoms with Gasteiger partial charge in [-0.1, -0.05) is 30.0 Å². The molecule has 0 heterocycles. The Bertz CT molecular complexity index is 353. The summed E-state index contributed by atoms with van der Waals surface area (Å²) in [4.78, 5) is 10.7. The Hall–Kier alpha value is -0.590. The summed E-state index contributed by atoms with van der Waals surface area (Å²) in [5.74, 6) is 0. The van der Waals surface area contributed by atoms with Gasteiger partial charge in [0.05, 0.1) is 4.92 Å². The first-order chi connectivity index (χ1) is 6.09. The summed E-state index contributed by atoms with van der Waals surface area (Å²) in [6.45, 7) is 0. The van der Waals surface area contributed by atoms with E-state index in [4.69, 9.17) is 12.2 Å². The molecule has 0 spiro atoms. The van der Waals surface area contributed by atoms with Crippen LogP contribution in [-0.4, -0.2) is 8.45 Å². The quantitative estimate of drug-likeness (QED) is 0.279. The minimum Gasteiger partial charge on any atom is -0.258 e. The van der Waals surface area contributed by atoms with Crippen molar-refractivity contribution in [2.24, 2.45) is 0 Å². The number of benzene rings is 1. The van der Waals surface area contributed by atoms with Crippen molar-refractivity contribution in [3.63, 3.8) is 0 Å². The van der Waals surface area contributed by atoms with Gasteiger partial charge in [0.25, 0.3) is 5.69 Å². The summed E-state index contributed by atoms with van der Waals surface area (Å²) >= 11 is 9.89. The molecule has 0 aliphatic rings. The standard InChI is InChI=1S/C7H5NO2S3/c9-8(10)5-2-1-3-6(4-5)13-7(11)12/h1-4H,(H,11,12). The van der Waals surface area contributed by atoms with Crippen molar-refractivity contribution in [1.82, 2.24) is 0 Å². The summed E-state index contributed by atoms with van der Waals surface area (Å²) in [7, 11) is 0. The minimum atomic E-state index is -0.439. The lowest BCUT2D eigenvalue weighted by molar-refractivity contribution is -0.385. The SMILES string of the molecule is O=[N+]([O-])c1cccc(SC(=S)S)c1. The van der Waals surface area contributed by atoms with E-state index in [1.54, 1.807) is 12.1 Å². The average molecular weight is 231 g/mol. The zero-order valence-electron chi connectivity index (χ0n) is 6.34. The molecule has 0 fully saturated rings.